The highest BCUT2D eigenvalue weighted by atomic mass is 19.3. The number of ether oxygens (including phenoxy) is 2. The fourth-order valence-electron chi connectivity index (χ4n) is 7.08. The number of esters is 1. The van der Waals surface area contributed by atoms with Crippen molar-refractivity contribution in [2.45, 2.75) is 116 Å². The van der Waals surface area contributed by atoms with E-state index in [1.165, 1.54) is 38.2 Å². The molecule has 3 aliphatic rings. The van der Waals surface area contributed by atoms with Crippen LogP contribution < -0.4 is 4.74 Å². The summed E-state index contributed by atoms with van der Waals surface area (Å²) in [5.41, 5.74) is -0.177. The number of hydrogen-bond acceptors (Lipinski definition) is 3. The molecule has 0 spiro atoms. The number of alkyl halides is 2. The van der Waals surface area contributed by atoms with Crippen LogP contribution in [0.3, 0.4) is 0 Å². The molecule has 6 heteroatoms. The summed E-state index contributed by atoms with van der Waals surface area (Å²) in [5.74, 6) is 1.20. The quantitative estimate of drug-likeness (QED) is 0.329. The molecule has 0 amide bonds. The molecule has 0 N–H and O–H groups in total. The fourth-order valence-corrected chi connectivity index (χ4v) is 7.08. The molecule has 0 saturated heterocycles. The highest BCUT2D eigenvalue weighted by Crippen LogP contribution is 2.44. The lowest BCUT2D eigenvalue weighted by Gasteiger charge is -2.37. The van der Waals surface area contributed by atoms with E-state index in [1.807, 2.05) is 0 Å². The molecule has 36 heavy (non-hydrogen) atoms. The van der Waals surface area contributed by atoms with Crippen molar-refractivity contribution in [3.05, 3.63) is 29.1 Å². The molecule has 3 aliphatic carbocycles. The number of carbonyl (C=O) groups is 1. The first-order valence-corrected chi connectivity index (χ1v) is 14.3. The van der Waals surface area contributed by atoms with E-state index in [2.05, 4.69) is 6.92 Å². The smallest absolute Gasteiger partial charge is 0.309 e. The van der Waals surface area contributed by atoms with Gasteiger partial charge in [0.1, 0.15) is 6.10 Å². The minimum atomic E-state index is -2.90. The molecule has 4 rings (SSSR count). The Labute approximate surface area is 214 Å². The second-order valence-electron chi connectivity index (χ2n) is 11.3. The van der Waals surface area contributed by atoms with E-state index in [0.29, 0.717) is 31.2 Å². The largest absolute Gasteiger partial charge is 0.491 e. The van der Waals surface area contributed by atoms with Crippen LogP contribution in [0.15, 0.2) is 12.1 Å². The molecular weight excluding hydrogens is 465 g/mol. The first kappa shape index (κ1) is 27.3. The predicted molar refractivity (Wildman–Crippen MR) is 135 cm³/mol. The predicted octanol–water partition coefficient (Wildman–Crippen LogP) is 8.75. The average Bonchev–Trinajstić information content (AvgIpc) is 2.90. The molecule has 0 heterocycles. The van der Waals surface area contributed by atoms with Crippen molar-refractivity contribution in [1.82, 2.24) is 0 Å². The zero-order valence-electron chi connectivity index (χ0n) is 22.0. The van der Waals surface area contributed by atoms with Gasteiger partial charge in [0.25, 0.3) is 6.43 Å². The number of halogens is 3. The van der Waals surface area contributed by atoms with Crippen LogP contribution >= 0.6 is 0 Å². The number of carbonyl (C=O) groups excluding carboxylic acids is 1. The summed E-state index contributed by atoms with van der Waals surface area (Å²) in [6.07, 6.45) is 10.3. The van der Waals surface area contributed by atoms with Crippen LogP contribution in [-0.4, -0.2) is 18.7 Å². The number of benzene rings is 1. The van der Waals surface area contributed by atoms with E-state index >= 15 is 0 Å². The van der Waals surface area contributed by atoms with Gasteiger partial charge in [-0.05, 0) is 106 Å². The van der Waals surface area contributed by atoms with Crippen LogP contribution in [0.4, 0.5) is 13.2 Å². The normalized spacial score (nSPS) is 31.3. The SMILES string of the molecule is CCOc1ccc(C2CCC(OC(=O)C3CCC(C4CCC(CC)CC4)CC3)CC2)c(C(F)F)c1F. The molecule has 0 atom stereocenters. The van der Waals surface area contributed by atoms with Crippen molar-refractivity contribution in [3.8, 4) is 5.75 Å². The Balaban J connectivity index is 1.25. The Kier molecular flexibility index (Phi) is 9.63. The second kappa shape index (κ2) is 12.7. The molecule has 3 nitrogen and oxygen atoms in total. The fraction of sp³-hybridized carbons (Fsp3) is 0.767. The van der Waals surface area contributed by atoms with Crippen LogP contribution in [0.5, 0.6) is 5.75 Å². The molecule has 1 aromatic carbocycles. The summed E-state index contributed by atoms with van der Waals surface area (Å²) in [4.78, 5) is 12.9. The molecule has 0 aromatic heterocycles. The zero-order valence-corrected chi connectivity index (χ0v) is 22.0. The van der Waals surface area contributed by atoms with Gasteiger partial charge in [0.15, 0.2) is 11.6 Å². The third kappa shape index (κ3) is 6.39. The molecule has 1 aromatic rings. The minimum Gasteiger partial charge on any atom is -0.491 e. The lowest BCUT2D eigenvalue weighted by molar-refractivity contribution is -0.157. The van der Waals surface area contributed by atoms with Gasteiger partial charge in [-0.25, -0.2) is 13.2 Å². The second-order valence-corrected chi connectivity index (χ2v) is 11.3. The van der Waals surface area contributed by atoms with Crippen molar-refractivity contribution in [3.63, 3.8) is 0 Å². The summed E-state index contributed by atoms with van der Waals surface area (Å²) in [7, 11) is 0. The summed E-state index contributed by atoms with van der Waals surface area (Å²) >= 11 is 0. The van der Waals surface area contributed by atoms with Gasteiger partial charge in [-0.2, -0.15) is 0 Å². The highest BCUT2D eigenvalue weighted by molar-refractivity contribution is 5.72. The molecular formula is C30H43F3O3. The molecule has 0 bridgehead atoms. The molecule has 3 saturated carbocycles. The third-order valence-electron chi connectivity index (χ3n) is 9.33. The molecule has 0 aliphatic heterocycles. The maximum Gasteiger partial charge on any atom is 0.309 e. The van der Waals surface area contributed by atoms with E-state index in [0.717, 1.165) is 43.4 Å². The van der Waals surface area contributed by atoms with Gasteiger partial charge >= 0.3 is 5.97 Å². The lowest BCUT2D eigenvalue weighted by Crippen LogP contribution is -2.32. The van der Waals surface area contributed by atoms with E-state index in [4.69, 9.17) is 9.47 Å². The zero-order chi connectivity index (χ0) is 25.7. The first-order valence-electron chi connectivity index (χ1n) is 14.3. The van der Waals surface area contributed by atoms with Crippen LogP contribution in [0.1, 0.15) is 121 Å². The monoisotopic (exact) mass is 508 g/mol. The average molecular weight is 509 g/mol. The Bertz CT molecular complexity index is 849. The van der Waals surface area contributed by atoms with Crippen molar-refractivity contribution in [2.24, 2.45) is 23.7 Å². The van der Waals surface area contributed by atoms with Crippen molar-refractivity contribution >= 4 is 5.97 Å². The van der Waals surface area contributed by atoms with E-state index < -0.39 is 17.8 Å². The third-order valence-corrected chi connectivity index (χ3v) is 9.33. The Morgan fingerprint density at radius 1 is 0.889 bits per heavy atom. The summed E-state index contributed by atoms with van der Waals surface area (Å²) in [6, 6.07) is 3.04. The molecule has 3 fully saturated rings. The highest BCUT2D eigenvalue weighted by Gasteiger charge is 2.35. The van der Waals surface area contributed by atoms with Gasteiger partial charge in [0, 0.05) is 0 Å². The Morgan fingerprint density at radius 2 is 1.50 bits per heavy atom. The van der Waals surface area contributed by atoms with Gasteiger partial charge < -0.3 is 9.47 Å². The van der Waals surface area contributed by atoms with E-state index in [1.54, 1.807) is 13.0 Å². The van der Waals surface area contributed by atoms with E-state index in [9.17, 15) is 18.0 Å². The lowest BCUT2D eigenvalue weighted by atomic mass is 9.69. The Hall–Kier alpha value is -1.72. The first-order chi connectivity index (χ1) is 17.4. The maximum absolute atomic E-state index is 14.7. The minimum absolute atomic E-state index is 0.00315. The Morgan fingerprint density at radius 3 is 2.06 bits per heavy atom. The van der Waals surface area contributed by atoms with Crippen molar-refractivity contribution < 1.29 is 27.4 Å². The van der Waals surface area contributed by atoms with E-state index in [-0.39, 0.29) is 36.3 Å². The van der Waals surface area contributed by atoms with Crippen molar-refractivity contribution in [1.29, 1.82) is 0 Å². The van der Waals surface area contributed by atoms with Crippen molar-refractivity contribution in [2.75, 3.05) is 6.61 Å². The van der Waals surface area contributed by atoms with Gasteiger partial charge in [0.05, 0.1) is 18.1 Å². The standard InChI is InChI=1S/C30H43F3O3/c1-3-19-5-7-20(8-6-19)21-9-11-23(12-10-21)30(34)36-24-15-13-22(14-16-24)25-17-18-26(35-4-2)28(31)27(25)29(32)33/h17-24,29H,3-16H2,1-2H3. The van der Waals surface area contributed by atoms with Gasteiger partial charge in [-0.3, -0.25) is 4.79 Å². The van der Waals surface area contributed by atoms with Crippen LogP contribution in [0, 0.1) is 29.5 Å². The molecule has 202 valence electrons. The topological polar surface area (TPSA) is 35.5 Å². The number of rotatable bonds is 8. The summed E-state index contributed by atoms with van der Waals surface area (Å²) in [6.45, 7) is 4.22. The van der Waals surface area contributed by atoms with Gasteiger partial charge in [0.2, 0.25) is 0 Å². The number of hydrogen-bond donors (Lipinski definition) is 0. The van der Waals surface area contributed by atoms with Crippen LogP contribution in [-0.2, 0) is 9.53 Å². The molecule has 0 radical (unpaired) electrons. The van der Waals surface area contributed by atoms with Gasteiger partial charge in [-0.15, -0.1) is 0 Å². The molecule has 0 unspecified atom stereocenters. The summed E-state index contributed by atoms with van der Waals surface area (Å²) < 4.78 is 53.2. The van der Waals surface area contributed by atoms with Crippen LogP contribution in [0.2, 0.25) is 0 Å². The summed E-state index contributed by atoms with van der Waals surface area (Å²) in [5, 5.41) is 0. The van der Waals surface area contributed by atoms with Crippen LogP contribution in [0.25, 0.3) is 0 Å². The van der Waals surface area contributed by atoms with Gasteiger partial charge in [-0.1, -0.05) is 32.3 Å². The maximum atomic E-state index is 14.7.